The number of nitrogens with zero attached hydrogens (tertiary/aromatic N) is 1. The van der Waals surface area contributed by atoms with E-state index in [4.69, 9.17) is 0 Å². The van der Waals surface area contributed by atoms with Crippen molar-refractivity contribution in [3.63, 3.8) is 0 Å². The minimum absolute atomic E-state index is 0.0552. The number of carbonyl (C=O) groups is 1. The molecule has 0 spiro atoms. The van der Waals surface area contributed by atoms with Crippen LogP contribution in [0.3, 0.4) is 0 Å². The average Bonchev–Trinajstić information content (AvgIpc) is 2.49. The van der Waals surface area contributed by atoms with Crippen LogP contribution in [0.15, 0.2) is 60.7 Å². The van der Waals surface area contributed by atoms with Gasteiger partial charge in [0.25, 0.3) is 0 Å². The number of amides is 1. The van der Waals surface area contributed by atoms with Gasteiger partial charge < -0.3 is 4.90 Å². The molecule has 20 heavy (non-hydrogen) atoms. The number of hydrogen-bond acceptors (Lipinski definition) is 1. The van der Waals surface area contributed by atoms with Gasteiger partial charge in [-0.05, 0) is 11.1 Å². The van der Waals surface area contributed by atoms with Gasteiger partial charge in [0.15, 0.2) is 0 Å². The fraction of sp³-hybridized carbons (Fsp3) is 0.235. The van der Waals surface area contributed by atoms with Gasteiger partial charge >= 0.3 is 0 Å². The maximum absolute atomic E-state index is 12.1. The Labute approximate surface area is 119 Å². The van der Waals surface area contributed by atoms with Crippen molar-refractivity contribution in [3.05, 3.63) is 71.8 Å². The van der Waals surface area contributed by atoms with Gasteiger partial charge in [0.05, 0.1) is 13.0 Å². The standard InChI is InChI=1S/C17H18NO2/c19-12-11-17(20)18(13-15-7-3-1-4-8-15)14-16-9-5-2-6-10-16/h1-10H,11-14H2. The summed E-state index contributed by atoms with van der Waals surface area (Å²) in [6, 6.07) is 19.7. The van der Waals surface area contributed by atoms with Crippen LogP contribution in [0.1, 0.15) is 17.5 Å². The van der Waals surface area contributed by atoms with Crippen molar-refractivity contribution in [2.75, 3.05) is 6.61 Å². The fourth-order valence-corrected chi connectivity index (χ4v) is 2.09. The maximum atomic E-state index is 12.1. The van der Waals surface area contributed by atoms with Crippen molar-refractivity contribution >= 4 is 5.91 Å². The minimum Gasteiger partial charge on any atom is -0.334 e. The number of carbonyl (C=O) groups excluding carboxylic acids is 1. The normalized spacial score (nSPS) is 10.2. The second-order valence-corrected chi connectivity index (χ2v) is 4.68. The fourth-order valence-electron chi connectivity index (χ4n) is 2.09. The van der Waals surface area contributed by atoms with Crippen molar-refractivity contribution in [2.45, 2.75) is 19.5 Å². The average molecular weight is 268 g/mol. The molecule has 0 saturated carbocycles. The zero-order valence-electron chi connectivity index (χ0n) is 11.4. The van der Waals surface area contributed by atoms with Crippen LogP contribution in [-0.2, 0) is 23.0 Å². The summed E-state index contributed by atoms with van der Waals surface area (Å²) in [5.41, 5.74) is 2.14. The molecule has 0 atom stereocenters. The van der Waals surface area contributed by atoms with Crippen molar-refractivity contribution in [1.82, 2.24) is 4.90 Å². The summed E-state index contributed by atoms with van der Waals surface area (Å²) in [6.45, 7) is 0.710. The van der Waals surface area contributed by atoms with E-state index in [9.17, 15) is 9.90 Å². The van der Waals surface area contributed by atoms with Crippen LogP contribution in [0.5, 0.6) is 0 Å². The molecule has 0 aliphatic heterocycles. The molecule has 2 aromatic rings. The lowest BCUT2D eigenvalue weighted by molar-refractivity contribution is -0.133. The summed E-state index contributed by atoms with van der Waals surface area (Å²) in [6.07, 6.45) is 0.0552. The quantitative estimate of drug-likeness (QED) is 0.793. The molecule has 0 aliphatic carbocycles. The summed E-state index contributed by atoms with van der Waals surface area (Å²) in [7, 11) is 0. The Balaban J connectivity index is 2.10. The molecule has 0 heterocycles. The van der Waals surface area contributed by atoms with Gasteiger partial charge in [-0.2, -0.15) is 0 Å². The Bertz CT molecular complexity index is 484. The number of rotatable bonds is 6. The van der Waals surface area contributed by atoms with Crippen molar-refractivity contribution in [3.8, 4) is 0 Å². The smallest absolute Gasteiger partial charge is 0.225 e. The first-order valence-corrected chi connectivity index (χ1v) is 6.73. The van der Waals surface area contributed by atoms with Crippen molar-refractivity contribution in [1.29, 1.82) is 0 Å². The molecule has 0 fully saturated rings. The monoisotopic (exact) mass is 268 g/mol. The van der Waals surface area contributed by atoms with Crippen LogP contribution in [0.25, 0.3) is 0 Å². The minimum atomic E-state index is -0.362. The Morgan fingerprint density at radius 3 is 1.65 bits per heavy atom. The molecular weight excluding hydrogens is 250 g/mol. The van der Waals surface area contributed by atoms with E-state index in [0.717, 1.165) is 11.1 Å². The Hall–Kier alpha value is -2.13. The first-order valence-electron chi connectivity index (χ1n) is 6.73. The molecule has 0 N–H and O–H groups in total. The van der Waals surface area contributed by atoms with E-state index in [1.54, 1.807) is 4.90 Å². The SMILES string of the molecule is [O]CCC(=O)N(Cc1ccccc1)Cc1ccccc1. The molecule has 1 amide bonds. The highest BCUT2D eigenvalue weighted by molar-refractivity contribution is 5.76. The lowest BCUT2D eigenvalue weighted by Gasteiger charge is -2.22. The van der Waals surface area contributed by atoms with E-state index in [1.165, 1.54) is 0 Å². The van der Waals surface area contributed by atoms with Crippen LogP contribution >= 0.6 is 0 Å². The summed E-state index contributed by atoms with van der Waals surface area (Å²) >= 11 is 0. The molecular formula is C17H18NO2. The van der Waals surface area contributed by atoms with Crippen LogP contribution in [-0.4, -0.2) is 17.4 Å². The molecule has 3 nitrogen and oxygen atoms in total. The third kappa shape index (κ3) is 4.21. The summed E-state index contributed by atoms with van der Waals surface area (Å²) in [5.74, 6) is -0.0901. The summed E-state index contributed by atoms with van der Waals surface area (Å²) in [4.78, 5) is 13.8. The highest BCUT2D eigenvalue weighted by atomic mass is 16.3. The second-order valence-electron chi connectivity index (χ2n) is 4.68. The van der Waals surface area contributed by atoms with E-state index in [1.807, 2.05) is 60.7 Å². The van der Waals surface area contributed by atoms with Crippen molar-refractivity contribution in [2.24, 2.45) is 0 Å². The molecule has 1 radical (unpaired) electrons. The van der Waals surface area contributed by atoms with Crippen LogP contribution < -0.4 is 0 Å². The van der Waals surface area contributed by atoms with E-state index in [-0.39, 0.29) is 18.9 Å². The lowest BCUT2D eigenvalue weighted by atomic mass is 10.1. The molecule has 0 saturated heterocycles. The van der Waals surface area contributed by atoms with Crippen LogP contribution in [0, 0.1) is 0 Å². The van der Waals surface area contributed by atoms with Crippen LogP contribution in [0.4, 0.5) is 0 Å². The van der Waals surface area contributed by atoms with Crippen molar-refractivity contribution < 1.29 is 9.90 Å². The predicted molar refractivity (Wildman–Crippen MR) is 77.3 cm³/mol. The highest BCUT2D eigenvalue weighted by Crippen LogP contribution is 2.11. The Kier molecular flexibility index (Phi) is 5.33. The molecule has 0 unspecified atom stereocenters. The topological polar surface area (TPSA) is 40.2 Å². The molecule has 3 heteroatoms. The highest BCUT2D eigenvalue weighted by Gasteiger charge is 2.14. The van der Waals surface area contributed by atoms with Gasteiger partial charge in [-0.15, -0.1) is 0 Å². The molecule has 0 aliphatic rings. The Morgan fingerprint density at radius 1 is 0.800 bits per heavy atom. The number of benzene rings is 2. The zero-order valence-corrected chi connectivity index (χ0v) is 11.4. The van der Waals surface area contributed by atoms with E-state index < -0.39 is 0 Å². The summed E-state index contributed by atoms with van der Waals surface area (Å²) in [5, 5.41) is 10.7. The first kappa shape index (κ1) is 14.3. The second kappa shape index (κ2) is 7.46. The van der Waals surface area contributed by atoms with Gasteiger partial charge in [0.2, 0.25) is 5.91 Å². The third-order valence-electron chi connectivity index (χ3n) is 3.10. The predicted octanol–water partition coefficient (Wildman–Crippen LogP) is 3.04. The van der Waals surface area contributed by atoms with Crippen LogP contribution in [0.2, 0.25) is 0 Å². The van der Waals surface area contributed by atoms with Gasteiger partial charge in [-0.25, -0.2) is 5.11 Å². The molecule has 103 valence electrons. The van der Waals surface area contributed by atoms with E-state index in [2.05, 4.69) is 0 Å². The lowest BCUT2D eigenvalue weighted by Crippen LogP contribution is -2.30. The zero-order chi connectivity index (χ0) is 14.2. The van der Waals surface area contributed by atoms with E-state index in [0.29, 0.717) is 13.1 Å². The van der Waals surface area contributed by atoms with E-state index >= 15 is 0 Å². The summed E-state index contributed by atoms with van der Waals surface area (Å²) < 4.78 is 0. The first-order chi connectivity index (χ1) is 9.79. The molecule has 0 aromatic heterocycles. The van der Waals surface area contributed by atoms with Gasteiger partial charge in [0, 0.05) is 13.1 Å². The van der Waals surface area contributed by atoms with Gasteiger partial charge in [-0.1, -0.05) is 60.7 Å². The largest absolute Gasteiger partial charge is 0.334 e. The molecule has 0 bridgehead atoms. The number of hydrogen-bond donors (Lipinski definition) is 0. The Morgan fingerprint density at radius 2 is 1.25 bits per heavy atom. The van der Waals surface area contributed by atoms with Gasteiger partial charge in [0.1, 0.15) is 0 Å². The maximum Gasteiger partial charge on any atom is 0.225 e. The third-order valence-corrected chi connectivity index (χ3v) is 3.10. The molecule has 2 rings (SSSR count). The van der Waals surface area contributed by atoms with Gasteiger partial charge in [-0.3, -0.25) is 4.79 Å². The molecule has 2 aromatic carbocycles.